The van der Waals surface area contributed by atoms with Crippen LogP contribution in [0.1, 0.15) is 13.8 Å². The van der Waals surface area contributed by atoms with Gasteiger partial charge >= 0.3 is 0 Å². The standard InChI is InChI=1S/C8H16N2O2/c1-8(2,5-11)10-7(12)6-3-9-4-6/h6,9,11H,3-5H2,1-2H3,(H,10,12). The van der Waals surface area contributed by atoms with Crippen molar-refractivity contribution in [3.05, 3.63) is 0 Å². The second kappa shape index (κ2) is 3.41. The molecule has 1 saturated heterocycles. The van der Waals surface area contributed by atoms with Gasteiger partial charge in [-0.3, -0.25) is 4.79 Å². The molecule has 1 rings (SSSR count). The summed E-state index contributed by atoms with van der Waals surface area (Å²) in [6.45, 7) is 5.09. The highest BCUT2D eigenvalue weighted by Gasteiger charge is 2.28. The minimum Gasteiger partial charge on any atom is -0.394 e. The number of carbonyl (C=O) groups is 1. The van der Waals surface area contributed by atoms with Gasteiger partial charge in [-0.15, -0.1) is 0 Å². The topological polar surface area (TPSA) is 61.4 Å². The molecule has 4 heteroatoms. The molecule has 0 bridgehead atoms. The summed E-state index contributed by atoms with van der Waals surface area (Å²) >= 11 is 0. The van der Waals surface area contributed by atoms with E-state index in [9.17, 15) is 4.79 Å². The fourth-order valence-electron chi connectivity index (χ4n) is 0.949. The molecule has 1 heterocycles. The molecule has 3 N–H and O–H groups in total. The van der Waals surface area contributed by atoms with Crippen LogP contribution in [0.25, 0.3) is 0 Å². The second-order valence-electron chi connectivity index (χ2n) is 3.89. The molecule has 4 nitrogen and oxygen atoms in total. The van der Waals surface area contributed by atoms with Gasteiger partial charge in [0.05, 0.1) is 18.1 Å². The predicted octanol–water partition coefficient (Wildman–Crippen LogP) is -0.907. The summed E-state index contributed by atoms with van der Waals surface area (Å²) in [7, 11) is 0. The molecule has 0 aliphatic carbocycles. The lowest BCUT2D eigenvalue weighted by Crippen LogP contribution is -2.56. The van der Waals surface area contributed by atoms with Crippen molar-refractivity contribution in [3.63, 3.8) is 0 Å². The number of carbonyl (C=O) groups excluding carboxylic acids is 1. The first-order valence-electron chi connectivity index (χ1n) is 4.19. The van der Waals surface area contributed by atoms with Crippen molar-refractivity contribution in [3.8, 4) is 0 Å². The van der Waals surface area contributed by atoms with E-state index < -0.39 is 5.54 Å². The average Bonchev–Trinajstić information content (AvgIpc) is 1.82. The van der Waals surface area contributed by atoms with Crippen molar-refractivity contribution in [2.75, 3.05) is 19.7 Å². The maximum atomic E-state index is 11.3. The van der Waals surface area contributed by atoms with Crippen molar-refractivity contribution >= 4 is 5.91 Å². The van der Waals surface area contributed by atoms with Crippen LogP contribution in [0.15, 0.2) is 0 Å². The van der Waals surface area contributed by atoms with Crippen LogP contribution in [0.3, 0.4) is 0 Å². The van der Waals surface area contributed by atoms with Crippen molar-refractivity contribution in [1.29, 1.82) is 0 Å². The van der Waals surface area contributed by atoms with Gasteiger partial charge in [0.25, 0.3) is 0 Å². The van der Waals surface area contributed by atoms with Gasteiger partial charge in [-0.05, 0) is 13.8 Å². The van der Waals surface area contributed by atoms with Gasteiger partial charge in [0.2, 0.25) is 5.91 Å². The predicted molar refractivity (Wildman–Crippen MR) is 45.7 cm³/mol. The van der Waals surface area contributed by atoms with Gasteiger partial charge in [0, 0.05) is 13.1 Å². The average molecular weight is 172 g/mol. The van der Waals surface area contributed by atoms with E-state index in [1.54, 1.807) is 13.8 Å². The smallest absolute Gasteiger partial charge is 0.226 e. The van der Waals surface area contributed by atoms with Crippen LogP contribution in [0, 0.1) is 5.92 Å². The van der Waals surface area contributed by atoms with E-state index in [4.69, 9.17) is 5.11 Å². The van der Waals surface area contributed by atoms with Crippen LogP contribution in [0.2, 0.25) is 0 Å². The van der Waals surface area contributed by atoms with Crippen LogP contribution < -0.4 is 10.6 Å². The molecule has 12 heavy (non-hydrogen) atoms. The maximum absolute atomic E-state index is 11.3. The van der Waals surface area contributed by atoms with Crippen LogP contribution in [-0.4, -0.2) is 36.2 Å². The number of hydrogen-bond donors (Lipinski definition) is 3. The summed E-state index contributed by atoms with van der Waals surface area (Å²) in [5, 5.41) is 14.7. The van der Waals surface area contributed by atoms with Gasteiger partial charge in [-0.2, -0.15) is 0 Å². The molecule has 70 valence electrons. The first-order valence-corrected chi connectivity index (χ1v) is 4.19. The number of aliphatic hydroxyl groups is 1. The molecule has 1 aliphatic heterocycles. The van der Waals surface area contributed by atoms with Crippen molar-refractivity contribution in [2.24, 2.45) is 5.92 Å². The largest absolute Gasteiger partial charge is 0.394 e. The Hall–Kier alpha value is -0.610. The Morgan fingerprint density at radius 2 is 2.25 bits per heavy atom. The Morgan fingerprint density at radius 1 is 1.67 bits per heavy atom. The molecular formula is C8H16N2O2. The van der Waals surface area contributed by atoms with Gasteiger partial charge < -0.3 is 15.7 Å². The molecule has 0 unspecified atom stereocenters. The lowest BCUT2D eigenvalue weighted by Gasteiger charge is -2.31. The normalized spacial score (nSPS) is 18.6. The zero-order chi connectivity index (χ0) is 9.19. The lowest BCUT2D eigenvalue weighted by atomic mass is 9.99. The Bertz CT molecular complexity index is 176. The Kier molecular flexibility index (Phi) is 2.69. The van der Waals surface area contributed by atoms with E-state index in [1.807, 2.05) is 0 Å². The van der Waals surface area contributed by atoms with E-state index in [0.717, 1.165) is 13.1 Å². The zero-order valence-electron chi connectivity index (χ0n) is 7.55. The van der Waals surface area contributed by atoms with Crippen LogP contribution in [-0.2, 0) is 4.79 Å². The molecule has 0 saturated carbocycles. The summed E-state index contributed by atoms with van der Waals surface area (Å²) in [4.78, 5) is 11.3. The van der Waals surface area contributed by atoms with Crippen molar-refractivity contribution in [2.45, 2.75) is 19.4 Å². The van der Waals surface area contributed by atoms with Gasteiger partial charge in [-0.1, -0.05) is 0 Å². The molecule has 0 radical (unpaired) electrons. The van der Waals surface area contributed by atoms with E-state index in [2.05, 4.69) is 10.6 Å². The number of hydrogen-bond acceptors (Lipinski definition) is 3. The first-order chi connectivity index (χ1) is 5.55. The van der Waals surface area contributed by atoms with E-state index in [1.165, 1.54) is 0 Å². The van der Waals surface area contributed by atoms with Crippen LogP contribution >= 0.6 is 0 Å². The third-order valence-electron chi connectivity index (χ3n) is 2.01. The van der Waals surface area contributed by atoms with Gasteiger partial charge in [0.15, 0.2) is 0 Å². The fraction of sp³-hybridized carbons (Fsp3) is 0.875. The Morgan fingerprint density at radius 3 is 2.58 bits per heavy atom. The first kappa shape index (κ1) is 9.48. The fourth-order valence-corrected chi connectivity index (χ4v) is 0.949. The minimum absolute atomic E-state index is 0.0289. The highest BCUT2D eigenvalue weighted by atomic mass is 16.3. The van der Waals surface area contributed by atoms with E-state index in [0.29, 0.717) is 0 Å². The quantitative estimate of drug-likeness (QED) is 0.516. The molecular weight excluding hydrogens is 156 g/mol. The molecule has 0 spiro atoms. The summed E-state index contributed by atoms with van der Waals surface area (Å²) in [6, 6.07) is 0. The highest BCUT2D eigenvalue weighted by molar-refractivity contribution is 5.80. The number of nitrogens with one attached hydrogen (secondary N) is 2. The summed E-state index contributed by atoms with van der Waals surface area (Å²) < 4.78 is 0. The van der Waals surface area contributed by atoms with Crippen molar-refractivity contribution < 1.29 is 9.90 Å². The number of rotatable bonds is 3. The van der Waals surface area contributed by atoms with Crippen LogP contribution in [0.4, 0.5) is 0 Å². The molecule has 0 atom stereocenters. The number of amides is 1. The summed E-state index contributed by atoms with van der Waals surface area (Å²) in [5.41, 5.74) is -0.493. The molecule has 0 aromatic heterocycles. The molecule has 1 aliphatic rings. The van der Waals surface area contributed by atoms with Gasteiger partial charge in [0.1, 0.15) is 0 Å². The maximum Gasteiger partial charge on any atom is 0.226 e. The Balaban J connectivity index is 2.34. The third kappa shape index (κ3) is 2.19. The van der Waals surface area contributed by atoms with Gasteiger partial charge in [-0.25, -0.2) is 0 Å². The SMILES string of the molecule is CC(C)(CO)NC(=O)C1CNC1. The van der Waals surface area contributed by atoms with E-state index in [-0.39, 0.29) is 18.4 Å². The zero-order valence-corrected chi connectivity index (χ0v) is 7.55. The second-order valence-corrected chi connectivity index (χ2v) is 3.89. The van der Waals surface area contributed by atoms with E-state index >= 15 is 0 Å². The number of aliphatic hydroxyl groups excluding tert-OH is 1. The molecule has 0 aromatic rings. The van der Waals surface area contributed by atoms with Crippen molar-refractivity contribution in [1.82, 2.24) is 10.6 Å². The minimum atomic E-state index is -0.493. The molecule has 0 aromatic carbocycles. The molecule has 1 amide bonds. The summed E-state index contributed by atoms with van der Waals surface area (Å²) in [6.07, 6.45) is 0. The van der Waals surface area contributed by atoms with Crippen LogP contribution in [0.5, 0.6) is 0 Å². The lowest BCUT2D eigenvalue weighted by molar-refractivity contribution is -0.128. The Labute approximate surface area is 72.3 Å². The third-order valence-corrected chi connectivity index (χ3v) is 2.01. The molecule has 1 fully saturated rings. The summed E-state index contributed by atoms with van der Waals surface area (Å²) in [5.74, 6) is 0.128. The highest BCUT2D eigenvalue weighted by Crippen LogP contribution is 2.06. The monoisotopic (exact) mass is 172 g/mol.